The maximum absolute atomic E-state index is 12.6. The summed E-state index contributed by atoms with van der Waals surface area (Å²) in [6.07, 6.45) is 4.02. The minimum atomic E-state index is -0.439. The van der Waals surface area contributed by atoms with Gasteiger partial charge in [-0.05, 0) is 81.0 Å². The highest BCUT2D eigenvalue weighted by Gasteiger charge is 2.44. The topological polar surface area (TPSA) is 50.8 Å². The second-order valence-electron chi connectivity index (χ2n) is 9.37. The molecule has 5 heteroatoms. The van der Waals surface area contributed by atoms with E-state index in [9.17, 15) is 4.79 Å². The lowest BCUT2D eigenvalue weighted by Crippen LogP contribution is -2.52. The third-order valence-corrected chi connectivity index (χ3v) is 6.04. The predicted molar refractivity (Wildman–Crippen MR) is 115 cm³/mol. The monoisotopic (exact) mass is 396 g/mol. The number of methoxy groups -OCH3 is 1. The summed E-state index contributed by atoms with van der Waals surface area (Å²) < 4.78 is 10.9. The van der Waals surface area contributed by atoms with E-state index in [4.69, 9.17) is 9.47 Å². The van der Waals surface area contributed by atoms with Crippen LogP contribution in [0.2, 0.25) is 0 Å². The Morgan fingerprint density at radius 2 is 1.72 bits per heavy atom. The maximum Gasteiger partial charge on any atom is 0.410 e. The van der Waals surface area contributed by atoms with Crippen molar-refractivity contribution in [3.63, 3.8) is 0 Å². The second kappa shape index (κ2) is 7.86. The number of hydrogen-bond donors (Lipinski definition) is 1. The first kappa shape index (κ1) is 20.0. The molecule has 2 aliphatic heterocycles. The van der Waals surface area contributed by atoms with Crippen molar-refractivity contribution in [1.29, 1.82) is 0 Å². The third-order valence-electron chi connectivity index (χ3n) is 6.04. The van der Waals surface area contributed by atoms with Crippen LogP contribution in [-0.2, 0) is 11.3 Å². The molecule has 2 bridgehead atoms. The number of fused-ring (bicyclic) bond motifs is 3. The molecule has 2 saturated heterocycles. The normalized spacial score (nSPS) is 24.0. The molecule has 0 spiro atoms. The van der Waals surface area contributed by atoms with Crippen molar-refractivity contribution in [2.45, 2.75) is 76.7 Å². The van der Waals surface area contributed by atoms with Gasteiger partial charge in [0.05, 0.1) is 7.11 Å². The lowest BCUT2D eigenvalue weighted by atomic mass is 9.97. The highest BCUT2D eigenvalue weighted by atomic mass is 16.6. The third kappa shape index (κ3) is 4.50. The van der Waals surface area contributed by atoms with Gasteiger partial charge >= 0.3 is 6.09 Å². The van der Waals surface area contributed by atoms with Crippen LogP contribution < -0.4 is 10.1 Å². The van der Waals surface area contributed by atoms with Crippen molar-refractivity contribution in [2.24, 2.45) is 0 Å². The van der Waals surface area contributed by atoms with Crippen LogP contribution in [0, 0.1) is 0 Å². The van der Waals surface area contributed by atoms with Gasteiger partial charge < -0.3 is 19.7 Å². The number of piperidine rings is 1. The van der Waals surface area contributed by atoms with E-state index in [-0.39, 0.29) is 6.09 Å². The van der Waals surface area contributed by atoms with E-state index >= 15 is 0 Å². The molecular formula is C24H32N2O3. The molecule has 0 aliphatic carbocycles. The number of ether oxygens (including phenoxy) is 2. The summed E-state index contributed by atoms with van der Waals surface area (Å²) in [6, 6.07) is 13.8. The molecular weight excluding hydrogens is 364 g/mol. The van der Waals surface area contributed by atoms with Crippen molar-refractivity contribution in [2.75, 3.05) is 7.11 Å². The lowest BCUT2D eigenvalue weighted by Gasteiger charge is -2.39. The van der Waals surface area contributed by atoms with E-state index in [1.54, 1.807) is 7.11 Å². The first-order valence-corrected chi connectivity index (χ1v) is 10.6. The van der Waals surface area contributed by atoms with Gasteiger partial charge in [0.1, 0.15) is 11.4 Å². The zero-order valence-corrected chi connectivity index (χ0v) is 17.9. The van der Waals surface area contributed by atoms with Crippen molar-refractivity contribution < 1.29 is 14.3 Å². The van der Waals surface area contributed by atoms with Crippen molar-refractivity contribution in [3.05, 3.63) is 42.0 Å². The van der Waals surface area contributed by atoms with E-state index < -0.39 is 5.60 Å². The summed E-state index contributed by atoms with van der Waals surface area (Å²) in [5.74, 6) is 0.885. The molecule has 1 N–H and O–H groups in total. The van der Waals surface area contributed by atoms with Crippen LogP contribution in [0.1, 0.15) is 52.0 Å². The largest absolute Gasteiger partial charge is 0.497 e. The molecule has 2 aromatic carbocycles. The standard InChI is InChI=1S/C24H32N2O3/c1-24(2,3)29-23(27)26-20-8-9-21(26)14-19(13-20)25-15-16-5-6-18-12-22(28-4)10-7-17(18)11-16/h5-7,10-12,19-21,25H,8-9,13-15H2,1-4H3/t19?,20-,21+. The van der Waals surface area contributed by atoms with Crippen LogP contribution in [0.3, 0.4) is 0 Å². The van der Waals surface area contributed by atoms with Gasteiger partial charge in [0.2, 0.25) is 0 Å². The molecule has 0 radical (unpaired) electrons. The number of nitrogens with zero attached hydrogens (tertiary/aromatic N) is 1. The number of carbonyl (C=O) groups excluding carboxylic acids is 1. The molecule has 1 amide bonds. The lowest BCUT2D eigenvalue weighted by molar-refractivity contribution is 0.00466. The summed E-state index contributed by atoms with van der Waals surface area (Å²) >= 11 is 0. The maximum atomic E-state index is 12.6. The molecule has 2 aromatic rings. The Morgan fingerprint density at radius 3 is 2.38 bits per heavy atom. The van der Waals surface area contributed by atoms with Gasteiger partial charge in [-0.15, -0.1) is 0 Å². The van der Waals surface area contributed by atoms with E-state index in [2.05, 4.69) is 35.6 Å². The van der Waals surface area contributed by atoms with Gasteiger partial charge in [0.25, 0.3) is 0 Å². The van der Waals surface area contributed by atoms with Gasteiger partial charge in [-0.25, -0.2) is 4.79 Å². The highest BCUT2D eigenvalue weighted by Crippen LogP contribution is 2.37. The highest BCUT2D eigenvalue weighted by molar-refractivity contribution is 5.84. The number of hydrogen-bond acceptors (Lipinski definition) is 4. The van der Waals surface area contributed by atoms with Crippen LogP contribution in [0.5, 0.6) is 5.75 Å². The van der Waals surface area contributed by atoms with Gasteiger partial charge in [-0.3, -0.25) is 0 Å². The van der Waals surface area contributed by atoms with E-state index in [0.29, 0.717) is 18.1 Å². The fourth-order valence-electron chi connectivity index (χ4n) is 4.73. The zero-order chi connectivity index (χ0) is 20.6. The molecule has 0 saturated carbocycles. The number of benzene rings is 2. The molecule has 2 fully saturated rings. The smallest absolute Gasteiger partial charge is 0.410 e. The molecule has 1 unspecified atom stereocenters. The Bertz CT molecular complexity index is 875. The first-order chi connectivity index (χ1) is 13.8. The quantitative estimate of drug-likeness (QED) is 0.801. The van der Waals surface area contributed by atoms with E-state index in [1.165, 1.54) is 16.3 Å². The molecule has 5 nitrogen and oxygen atoms in total. The van der Waals surface area contributed by atoms with Gasteiger partial charge in [0.15, 0.2) is 0 Å². The molecule has 2 aliphatic rings. The van der Waals surface area contributed by atoms with Crippen LogP contribution >= 0.6 is 0 Å². The number of amides is 1. The molecule has 3 atom stereocenters. The van der Waals surface area contributed by atoms with Crippen molar-refractivity contribution >= 4 is 16.9 Å². The molecule has 2 heterocycles. The second-order valence-corrected chi connectivity index (χ2v) is 9.37. The molecule has 156 valence electrons. The van der Waals surface area contributed by atoms with Gasteiger partial charge in [-0.1, -0.05) is 18.2 Å². The number of nitrogens with one attached hydrogen (secondary N) is 1. The SMILES string of the molecule is COc1ccc2cc(CNC3C[C@H]4CC[C@@H](C3)N4C(=O)OC(C)(C)C)ccc2c1. The summed E-state index contributed by atoms with van der Waals surface area (Å²) in [5, 5.41) is 6.15. The first-order valence-electron chi connectivity index (χ1n) is 10.6. The van der Waals surface area contributed by atoms with Crippen molar-refractivity contribution in [1.82, 2.24) is 10.2 Å². The summed E-state index contributed by atoms with van der Waals surface area (Å²) in [4.78, 5) is 14.6. The summed E-state index contributed by atoms with van der Waals surface area (Å²) in [5.41, 5.74) is 0.843. The Labute approximate surface area is 173 Å². The Morgan fingerprint density at radius 1 is 1.07 bits per heavy atom. The van der Waals surface area contributed by atoms with Crippen LogP contribution in [0.15, 0.2) is 36.4 Å². The summed E-state index contributed by atoms with van der Waals surface area (Å²) in [7, 11) is 1.70. The van der Waals surface area contributed by atoms with Gasteiger partial charge in [0, 0.05) is 24.7 Å². The van der Waals surface area contributed by atoms with Gasteiger partial charge in [-0.2, -0.15) is 0 Å². The van der Waals surface area contributed by atoms with Crippen LogP contribution in [0.4, 0.5) is 4.79 Å². The Balaban J connectivity index is 1.36. The average Bonchev–Trinajstić information content (AvgIpc) is 2.95. The predicted octanol–water partition coefficient (Wildman–Crippen LogP) is 4.87. The number of carbonyl (C=O) groups is 1. The minimum Gasteiger partial charge on any atom is -0.497 e. The zero-order valence-electron chi connectivity index (χ0n) is 17.9. The molecule has 0 aromatic heterocycles. The van der Waals surface area contributed by atoms with Crippen LogP contribution in [0.25, 0.3) is 10.8 Å². The van der Waals surface area contributed by atoms with Crippen LogP contribution in [-0.4, -0.2) is 41.8 Å². The summed E-state index contributed by atoms with van der Waals surface area (Å²) in [6.45, 7) is 6.64. The van der Waals surface area contributed by atoms with E-state index in [0.717, 1.165) is 38.0 Å². The van der Waals surface area contributed by atoms with E-state index in [1.807, 2.05) is 31.7 Å². The fraction of sp³-hybridized carbons (Fsp3) is 0.542. The minimum absolute atomic E-state index is 0.145. The number of rotatable bonds is 4. The molecule has 4 rings (SSSR count). The molecule has 29 heavy (non-hydrogen) atoms. The Kier molecular flexibility index (Phi) is 5.43. The fourth-order valence-corrected chi connectivity index (χ4v) is 4.73. The average molecular weight is 397 g/mol. The Hall–Kier alpha value is -2.27. The van der Waals surface area contributed by atoms with Crippen molar-refractivity contribution in [3.8, 4) is 5.75 Å².